The summed E-state index contributed by atoms with van der Waals surface area (Å²) >= 11 is 0. The van der Waals surface area contributed by atoms with Crippen LogP contribution in [-0.4, -0.2) is 26.6 Å². The Labute approximate surface area is 125 Å². The molecule has 6 nitrogen and oxygen atoms in total. The van der Waals surface area contributed by atoms with Crippen LogP contribution in [0.15, 0.2) is 29.2 Å². The molecular formula is C14H21NO5S. The van der Waals surface area contributed by atoms with E-state index in [2.05, 4.69) is 0 Å². The van der Waals surface area contributed by atoms with Gasteiger partial charge in [-0.1, -0.05) is 0 Å². The van der Waals surface area contributed by atoms with E-state index in [4.69, 9.17) is 14.6 Å². The summed E-state index contributed by atoms with van der Waals surface area (Å²) in [5.41, 5.74) is -0.485. The predicted octanol–water partition coefficient (Wildman–Crippen LogP) is 1.83. The molecule has 0 saturated carbocycles. The zero-order chi connectivity index (χ0) is 16.1. The molecule has 0 unspecified atom stereocenters. The monoisotopic (exact) mass is 315 g/mol. The molecule has 0 aliphatic heterocycles. The quantitative estimate of drug-likeness (QED) is 0.638. The second-order valence-corrected chi connectivity index (χ2v) is 7.12. The summed E-state index contributed by atoms with van der Waals surface area (Å²) in [6.45, 7) is 5.78. The van der Waals surface area contributed by atoms with Crippen molar-refractivity contribution in [3.63, 3.8) is 0 Å². The van der Waals surface area contributed by atoms with E-state index in [-0.39, 0.29) is 17.3 Å². The van der Waals surface area contributed by atoms with Crippen molar-refractivity contribution in [2.24, 2.45) is 5.14 Å². The Kier molecular flexibility index (Phi) is 5.74. The highest BCUT2D eigenvalue weighted by molar-refractivity contribution is 7.89. The van der Waals surface area contributed by atoms with E-state index < -0.39 is 15.6 Å². The lowest BCUT2D eigenvalue weighted by Gasteiger charge is -2.19. The molecule has 0 radical (unpaired) electrons. The molecule has 0 bridgehead atoms. The Balaban J connectivity index is 2.35. The summed E-state index contributed by atoms with van der Waals surface area (Å²) < 4.78 is 32.7. The largest absolute Gasteiger partial charge is 0.494 e. The molecule has 0 fully saturated rings. The number of benzene rings is 1. The molecule has 1 aromatic rings. The maximum absolute atomic E-state index is 11.5. The smallest absolute Gasteiger partial charge is 0.306 e. The van der Waals surface area contributed by atoms with Crippen LogP contribution in [0.2, 0.25) is 0 Å². The van der Waals surface area contributed by atoms with Gasteiger partial charge in [-0.2, -0.15) is 0 Å². The number of rotatable bonds is 6. The summed E-state index contributed by atoms with van der Waals surface area (Å²) in [7, 11) is -3.69. The van der Waals surface area contributed by atoms with Gasteiger partial charge in [0.1, 0.15) is 11.4 Å². The molecule has 1 aromatic carbocycles. The fourth-order valence-electron chi connectivity index (χ4n) is 1.52. The van der Waals surface area contributed by atoms with Crippen molar-refractivity contribution in [1.82, 2.24) is 0 Å². The van der Waals surface area contributed by atoms with Gasteiger partial charge in [-0.15, -0.1) is 0 Å². The summed E-state index contributed by atoms with van der Waals surface area (Å²) in [4.78, 5) is 11.5. The maximum atomic E-state index is 11.5. The van der Waals surface area contributed by atoms with E-state index in [1.54, 1.807) is 0 Å². The van der Waals surface area contributed by atoms with Crippen LogP contribution >= 0.6 is 0 Å². The number of esters is 1. The molecule has 0 amide bonds. The molecule has 1 rings (SSSR count). The normalized spacial score (nSPS) is 12.0. The minimum absolute atomic E-state index is 0.0311. The Morgan fingerprint density at radius 2 is 1.76 bits per heavy atom. The topological polar surface area (TPSA) is 95.7 Å². The van der Waals surface area contributed by atoms with Gasteiger partial charge in [0.15, 0.2) is 0 Å². The van der Waals surface area contributed by atoms with Crippen molar-refractivity contribution in [3.05, 3.63) is 24.3 Å². The number of carbonyl (C=O) groups excluding carboxylic acids is 1. The molecule has 0 saturated heterocycles. The van der Waals surface area contributed by atoms with Crippen LogP contribution in [0.4, 0.5) is 0 Å². The number of nitrogens with two attached hydrogens (primary N) is 1. The zero-order valence-electron chi connectivity index (χ0n) is 12.5. The lowest BCUT2D eigenvalue weighted by molar-refractivity contribution is -0.155. The zero-order valence-corrected chi connectivity index (χ0v) is 13.3. The molecule has 7 heteroatoms. The summed E-state index contributed by atoms with van der Waals surface area (Å²) in [6.07, 6.45) is 0.790. The highest BCUT2D eigenvalue weighted by Gasteiger charge is 2.15. The fraction of sp³-hybridized carbons (Fsp3) is 0.500. The Morgan fingerprint density at radius 1 is 1.19 bits per heavy atom. The fourth-order valence-corrected chi connectivity index (χ4v) is 2.04. The highest BCUT2D eigenvalue weighted by atomic mass is 32.2. The van der Waals surface area contributed by atoms with Crippen LogP contribution in [0.25, 0.3) is 0 Å². The Bertz CT molecular complexity index is 572. The molecule has 118 valence electrons. The van der Waals surface area contributed by atoms with E-state index in [1.165, 1.54) is 24.3 Å². The number of hydrogen-bond donors (Lipinski definition) is 1. The van der Waals surface area contributed by atoms with Crippen molar-refractivity contribution >= 4 is 16.0 Å². The molecular weight excluding hydrogens is 294 g/mol. The van der Waals surface area contributed by atoms with Crippen molar-refractivity contribution < 1.29 is 22.7 Å². The van der Waals surface area contributed by atoms with E-state index >= 15 is 0 Å². The van der Waals surface area contributed by atoms with E-state index in [0.29, 0.717) is 18.8 Å². The van der Waals surface area contributed by atoms with Gasteiger partial charge in [-0.3, -0.25) is 4.79 Å². The van der Waals surface area contributed by atoms with Gasteiger partial charge in [0.2, 0.25) is 10.0 Å². The standard InChI is InChI=1S/C14H21NO5S/c1-14(2,3)20-13(16)5-4-10-19-11-6-8-12(9-7-11)21(15,17)18/h6-9H,4-5,10H2,1-3H3,(H2,15,17,18). The van der Waals surface area contributed by atoms with Crippen molar-refractivity contribution in [1.29, 1.82) is 0 Å². The van der Waals surface area contributed by atoms with Crippen molar-refractivity contribution in [3.8, 4) is 5.75 Å². The van der Waals surface area contributed by atoms with Crippen LogP contribution in [0, 0.1) is 0 Å². The summed E-state index contributed by atoms with van der Waals surface area (Å²) in [6, 6.07) is 5.79. The van der Waals surface area contributed by atoms with E-state index in [1.807, 2.05) is 20.8 Å². The van der Waals surface area contributed by atoms with Crippen LogP contribution in [0.3, 0.4) is 0 Å². The third-order valence-electron chi connectivity index (χ3n) is 2.37. The number of carbonyl (C=O) groups is 1. The molecule has 2 N–H and O–H groups in total. The first kappa shape index (κ1) is 17.5. The second kappa shape index (κ2) is 6.91. The molecule has 0 aliphatic rings. The Morgan fingerprint density at radius 3 is 2.24 bits per heavy atom. The first-order chi connectivity index (χ1) is 9.58. The molecule has 0 aliphatic carbocycles. The second-order valence-electron chi connectivity index (χ2n) is 5.55. The number of hydrogen-bond acceptors (Lipinski definition) is 5. The lowest BCUT2D eigenvalue weighted by Crippen LogP contribution is -2.23. The minimum Gasteiger partial charge on any atom is -0.494 e. The van der Waals surface area contributed by atoms with Gasteiger partial charge in [-0.05, 0) is 51.5 Å². The average molecular weight is 315 g/mol. The predicted molar refractivity (Wildman–Crippen MR) is 78.4 cm³/mol. The molecule has 0 atom stereocenters. The third-order valence-corrected chi connectivity index (χ3v) is 3.30. The maximum Gasteiger partial charge on any atom is 0.306 e. The SMILES string of the molecule is CC(C)(C)OC(=O)CCCOc1ccc(S(N)(=O)=O)cc1. The van der Waals surface area contributed by atoms with Crippen LogP contribution in [-0.2, 0) is 19.6 Å². The van der Waals surface area contributed by atoms with E-state index in [0.717, 1.165) is 0 Å². The van der Waals surface area contributed by atoms with Gasteiger partial charge in [0.05, 0.1) is 11.5 Å². The Hall–Kier alpha value is -1.60. The van der Waals surface area contributed by atoms with Gasteiger partial charge < -0.3 is 9.47 Å². The number of ether oxygens (including phenoxy) is 2. The lowest BCUT2D eigenvalue weighted by atomic mass is 10.2. The summed E-state index contributed by atoms with van der Waals surface area (Å²) in [5.74, 6) is 0.252. The molecule has 21 heavy (non-hydrogen) atoms. The number of sulfonamides is 1. The van der Waals surface area contributed by atoms with Crippen LogP contribution < -0.4 is 9.88 Å². The summed E-state index contributed by atoms with van der Waals surface area (Å²) in [5, 5.41) is 4.99. The van der Waals surface area contributed by atoms with Crippen molar-refractivity contribution in [2.75, 3.05) is 6.61 Å². The van der Waals surface area contributed by atoms with Crippen molar-refractivity contribution in [2.45, 2.75) is 44.1 Å². The molecule has 0 aromatic heterocycles. The van der Waals surface area contributed by atoms with Gasteiger partial charge >= 0.3 is 5.97 Å². The van der Waals surface area contributed by atoms with Gasteiger partial charge in [-0.25, -0.2) is 13.6 Å². The minimum atomic E-state index is -3.69. The first-order valence-electron chi connectivity index (χ1n) is 6.55. The van der Waals surface area contributed by atoms with Crippen LogP contribution in [0.5, 0.6) is 5.75 Å². The van der Waals surface area contributed by atoms with E-state index in [9.17, 15) is 13.2 Å². The number of primary sulfonamides is 1. The van der Waals surface area contributed by atoms with Crippen LogP contribution in [0.1, 0.15) is 33.6 Å². The third kappa shape index (κ3) is 7.10. The highest BCUT2D eigenvalue weighted by Crippen LogP contribution is 2.15. The molecule has 0 spiro atoms. The first-order valence-corrected chi connectivity index (χ1v) is 8.10. The van der Waals surface area contributed by atoms with Gasteiger partial charge in [0.25, 0.3) is 0 Å². The van der Waals surface area contributed by atoms with Gasteiger partial charge in [0, 0.05) is 6.42 Å². The molecule has 0 heterocycles. The average Bonchev–Trinajstić information content (AvgIpc) is 2.32.